The van der Waals surface area contributed by atoms with Gasteiger partial charge in [-0.1, -0.05) is 0 Å². The molecule has 0 bridgehead atoms. The van der Waals surface area contributed by atoms with Gasteiger partial charge in [0.25, 0.3) is 5.95 Å². The van der Waals surface area contributed by atoms with Crippen molar-refractivity contribution in [1.29, 1.82) is 10.5 Å². The van der Waals surface area contributed by atoms with Gasteiger partial charge in [-0.2, -0.15) is 20.3 Å². The second kappa shape index (κ2) is 8.55. The van der Waals surface area contributed by atoms with Gasteiger partial charge in [0.05, 0.1) is 11.8 Å². The van der Waals surface area contributed by atoms with Crippen molar-refractivity contribution in [3.05, 3.63) is 41.3 Å². The summed E-state index contributed by atoms with van der Waals surface area (Å²) in [7, 11) is 1.73. The number of pyridine rings is 1. The Bertz CT molecular complexity index is 1210. The highest BCUT2D eigenvalue weighted by atomic mass is 15.4. The van der Waals surface area contributed by atoms with E-state index in [-0.39, 0.29) is 17.3 Å². The number of anilines is 2. The first-order valence-corrected chi connectivity index (χ1v) is 9.72. The van der Waals surface area contributed by atoms with E-state index in [1.807, 2.05) is 6.92 Å². The topological polar surface area (TPSA) is 144 Å². The smallest absolute Gasteiger partial charge is 0.252 e. The molecule has 3 aromatic rings. The maximum atomic E-state index is 9.65. The van der Waals surface area contributed by atoms with E-state index in [2.05, 4.69) is 52.6 Å². The zero-order chi connectivity index (χ0) is 21.8. The largest absolute Gasteiger partial charge is 0.372 e. The molecule has 0 amide bonds. The van der Waals surface area contributed by atoms with Gasteiger partial charge < -0.3 is 10.2 Å². The van der Waals surface area contributed by atoms with Gasteiger partial charge in [0.2, 0.25) is 0 Å². The predicted molar refractivity (Wildman–Crippen MR) is 113 cm³/mol. The SMILES string of the molecule is CNc1nc(N2CCCC2)c(/N=N/c2c(C#N)cnn2-c2ncccn2)c(C)c1C#N. The Balaban J connectivity index is 1.86. The molecule has 4 rings (SSSR count). The third kappa shape index (κ3) is 3.65. The van der Waals surface area contributed by atoms with Crippen molar-refractivity contribution in [2.45, 2.75) is 19.8 Å². The van der Waals surface area contributed by atoms with Crippen LogP contribution in [0.2, 0.25) is 0 Å². The lowest BCUT2D eigenvalue weighted by atomic mass is 10.1. The van der Waals surface area contributed by atoms with E-state index in [1.165, 1.54) is 10.9 Å². The summed E-state index contributed by atoms with van der Waals surface area (Å²) in [5.74, 6) is 1.64. The van der Waals surface area contributed by atoms with Crippen molar-refractivity contribution in [2.24, 2.45) is 10.2 Å². The van der Waals surface area contributed by atoms with E-state index in [4.69, 9.17) is 0 Å². The Kier molecular flexibility index (Phi) is 5.49. The molecular formula is C20H19N11. The molecule has 11 heteroatoms. The summed E-state index contributed by atoms with van der Waals surface area (Å²) in [6, 6.07) is 5.94. The summed E-state index contributed by atoms with van der Waals surface area (Å²) < 4.78 is 1.35. The molecule has 1 N–H and O–H groups in total. The molecule has 0 unspecified atom stereocenters. The second-order valence-corrected chi connectivity index (χ2v) is 6.84. The summed E-state index contributed by atoms with van der Waals surface area (Å²) in [4.78, 5) is 15.1. The van der Waals surface area contributed by atoms with Crippen molar-refractivity contribution in [3.8, 4) is 18.1 Å². The molecule has 154 valence electrons. The van der Waals surface area contributed by atoms with E-state index in [0.717, 1.165) is 25.9 Å². The van der Waals surface area contributed by atoms with Gasteiger partial charge in [0.1, 0.15) is 29.2 Å². The minimum absolute atomic E-state index is 0.205. The molecule has 0 spiro atoms. The molecule has 0 aromatic carbocycles. The summed E-state index contributed by atoms with van der Waals surface area (Å²) >= 11 is 0. The Morgan fingerprint density at radius 3 is 2.48 bits per heavy atom. The van der Waals surface area contributed by atoms with Gasteiger partial charge in [-0.25, -0.2) is 15.0 Å². The standard InChI is InChI=1S/C20H19N11/c1-13-15(11-22)17(23-2)27-19(30-8-3-4-9-30)16(13)28-29-18-14(10-21)12-26-31(18)20-24-6-5-7-25-20/h5-7,12H,3-4,8-9H2,1-2H3,(H,23,27)/b29-28+. The molecule has 1 aliphatic rings. The van der Waals surface area contributed by atoms with Crippen LogP contribution in [0.25, 0.3) is 5.95 Å². The van der Waals surface area contributed by atoms with Crippen LogP contribution in [0, 0.1) is 29.6 Å². The molecule has 0 radical (unpaired) electrons. The highest BCUT2D eigenvalue weighted by molar-refractivity contribution is 5.75. The fourth-order valence-corrected chi connectivity index (χ4v) is 3.43. The van der Waals surface area contributed by atoms with E-state index in [9.17, 15) is 10.5 Å². The molecule has 11 nitrogen and oxygen atoms in total. The van der Waals surface area contributed by atoms with Crippen LogP contribution in [0.15, 0.2) is 34.9 Å². The number of aromatic nitrogens is 5. The molecule has 0 atom stereocenters. The highest BCUT2D eigenvalue weighted by Gasteiger charge is 2.23. The summed E-state index contributed by atoms with van der Waals surface area (Å²) in [5.41, 5.74) is 1.78. The van der Waals surface area contributed by atoms with Gasteiger partial charge in [-0.15, -0.1) is 10.2 Å². The van der Waals surface area contributed by atoms with Crippen molar-refractivity contribution in [3.63, 3.8) is 0 Å². The predicted octanol–water partition coefficient (Wildman–Crippen LogP) is 3.17. The van der Waals surface area contributed by atoms with Crippen LogP contribution >= 0.6 is 0 Å². The van der Waals surface area contributed by atoms with Crippen molar-refractivity contribution >= 4 is 23.1 Å². The first kappa shape index (κ1) is 19.9. The molecular weight excluding hydrogens is 394 g/mol. The minimum atomic E-state index is 0.205. The average molecular weight is 413 g/mol. The lowest BCUT2D eigenvalue weighted by Crippen LogP contribution is -2.20. The van der Waals surface area contributed by atoms with Gasteiger partial charge in [-0.05, 0) is 25.8 Å². The number of nitrogens with one attached hydrogen (secondary N) is 1. The molecule has 1 fully saturated rings. The highest BCUT2D eigenvalue weighted by Crippen LogP contribution is 2.38. The number of hydrogen-bond donors (Lipinski definition) is 1. The van der Waals surface area contributed by atoms with E-state index >= 15 is 0 Å². The summed E-state index contributed by atoms with van der Waals surface area (Å²) in [6.07, 6.45) is 6.66. The van der Waals surface area contributed by atoms with Gasteiger partial charge >= 0.3 is 0 Å². The number of azo groups is 1. The van der Waals surface area contributed by atoms with Crippen LogP contribution in [0.5, 0.6) is 0 Å². The van der Waals surface area contributed by atoms with Crippen molar-refractivity contribution in [1.82, 2.24) is 24.7 Å². The average Bonchev–Trinajstić information content (AvgIpc) is 3.48. The van der Waals surface area contributed by atoms with Gasteiger partial charge in [0, 0.05) is 38.1 Å². The first-order valence-electron chi connectivity index (χ1n) is 9.72. The van der Waals surface area contributed by atoms with Crippen molar-refractivity contribution in [2.75, 3.05) is 30.4 Å². The molecule has 0 aliphatic carbocycles. The molecule has 1 saturated heterocycles. The summed E-state index contributed by atoms with van der Waals surface area (Å²) in [6.45, 7) is 3.52. The lowest BCUT2D eigenvalue weighted by molar-refractivity contribution is 0.802. The number of nitriles is 2. The van der Waals surface area contributed by atoms with Crippen LogP contribution in [-0.2, 0) is 0 Å². The first-order chi connectivity index (χ1) is 15.2. The monoisotopic (exact) mass is 413 g/mol. The third-order valence-corrected chi connectivity index (χ3v) is 5.00. The van der Waals surface area contributed by atoms with Crippen LogP contribution in [0.3, 0.4) is 0 Å². The molecule has 4 heterocycles. The summed E-state index contributed by atoms with van der Waals surface area (Å²) in [5, 5.41) is 35.1. The van der Waals surface area contributed by atoms with Gasteiger partial charge in [-0.3, -0.25) is 0 Å². The Morgan fingerprint density at radius 2 is 1.84 bits per heavy atom. The second-order valence-electron chi connectivity index (χ2n) is 6.84. The van der Waals surface area contributed by atoms with E-state index < -0.39 is 0 Å². The Morgan fingerprint density at radius 1 is 1.10 bits per heavy atom. The van der Waals surface area contributed by atoms with E-state index in [0.29, 0.717) is 28.5 Å². The zero-order valence-electron chi connectivity index (χ0n) is 17.1. The van der Waals surface area contributed by atoms with Crippen LogP contribution in [0.1, 0.15) is 29.5 Å². The molecule has 31 heavy (non-hydrogen) atoms. The third-order valence-electron chi connectivity index (χ3n) is 5.00. The van der Waals surface area contributed by atoms with Gasteiger partial charge in [0.15, 0.2) is 11.6 Å². The van der Waals surface area contributed by atoms with Crippen LogP contribution < -0.4 is 10.2 Å². The van der Waals surface area contributed by atoms with E-state index in [1.54, 1.807) is 25.5 Å². The Labute approximate surface area is 178 Å². The number of hydrogen-bond acceptors (Lipinski definition) is 10. The Hall–Kier alpha value is -4.38. The normalized spacial score (nSPS) is 13.4. The number of rotatable bonds is 5. The van der Waals surface area contributed by atoms with Crippen LogP contribution in [0.4, 0.5) is 23.1 Å². The zero-order valence-corrected chi connectivity index (χ0v) is 17.1. The fourth-order valence-electron chi connectivity index (χ4n) is 3.43. The minimum Gasteiger partial charge on any atom is -0.372 e. The number of nitrogens with zero attached hydrogens (tertiary/aromatic N) is 10. The maximum Gasteiger partial charge on any atom is 0.252 e. The molecule has 1 aliphatic heterocycles. The molecule has 3 aromatic heterocycles. The quantitative estimate of drug-likeness (QED) is 0.628. The molecule has 0 saturated carbocycles. The fraction of sp³-hybridized carbons (Fsp3) is 0.300. The lowest BCUT2D eigenvalue weighted by Gasteiger charge is -2.21. The van der Waals surface area contributed by atoms with Crippen molar-refractivity contribution < 1.29 is 0 Å². The van der Waals surface area contributed by atoms with Crippen LogP contribution in [-0.4, -0.2) is 44.9 Å². The maximum absolute atomic E-state index is 9.65.